The first kappa shape index (κ1) is 20.5. The predicted octanol–water partition coefficient (Wildman–Crippen LogP) is 6.97. The largest absolute Gasteiger partial charge is 0.416 e. The summed E-state index contributed by atoms with van der Waals surface area (Å²) >= 11 is 0. The van der Waals surface area contributed by atoms with Crippen LogP contribution in [0.15, 0.2) is 24.3 Å². The van der Waals surface area contributed by atoms with Crippen molar-refractivity contribution in [3.8, 4) is 0 Å². The molecule has 0 radical (unpaired) electrons. The lowest BCUT2D eigenvalue weighted by atomic mass is 10.1. The average Bonchev–Trinajstić information content (AvgIpc) is 2.37. The third-order valence-electron chi connectivity index (χ3n) is 4.39. The van der Waals surface area contributed by atoms with Crippen molar-refractivity contribution in [2.24, 2.45) is 0 Å². The van der Waals surface area contributed by atoms with E-state index in [1.54, 1.807) is 12.1 Å². The summed E-state index contributed by atoms with van der Waals surface area (Å²) in [5, 5.41) is 1.32. The van der Waals surface area contributed by atoms with E-state index in [1.807, 2.05) is 0 Å². The molecule has 1 aromatic carbocycles. The molecule has 0 unspecified atom stereocenters. The van der Waals surface area contributed by atoms with Gasteiger partial charge in [-0.2, -0.15) is 13.2 Å². The number of benzene rings is 1. The lowest BCUT2D eigenvalue weighted by molar-refractivity contribution is -0.137. The Morgan fingerprint density at radius 1 is 0.783 bits per heavy atom. The zero-order valence-electron chi connectivity index (χ0n) is 15.2. The van der Waals surface area contributed by atoms with Gasteiger partial charge < -0.3 is 0 Å². The summed E-state index contributed by atoms with van der Waals surface area (Å²) in [5.74, 6) is 0. The number of alkyl halides is 3. The fourth-order valence-electron chi connectivity index (χ4n) is 3.77. The van der Waals surface area contributed by atoms with Crippen LogP contribution in [0.5, 0.6) is 0 Å². The lowest BCUT2D eigenvalue weighted by Crippen LogP contribution is -2.35. The van der Waals surface area contributed by atoms with E-state index in [2.05, 4.69) is 41.5 Å². The molecule has 0 amide bonds. The fourth-order valence-corrected chi connectivity index (χ4v) is 8.14. The molecule has 0 aromatic heterocycles. The molecule has 0 fully saturated rings. The van der Waals surface area contributed by atoms with Gasteiger partial charge in [0.05, 0.1) is 5.56 Å². The molecule has 0 bridgehead atoms. The molecule has 0 N–H and O–H groups in total. The van der Waals surface area contributed by atoms with Crippen molar-refractivity contribution >= 4 is 13.2 Å². The van der Waals surface area contributed by atoms with E-state index in [0.29, 0.717) is 0 Å². The van der Waals surface area contributed by atoms with E-state index in [-0.39, 0.29) is 10.3 Å². The summed E-state index contributed by atoms with van der Waals surface area (Å²) < 4.78 is 38.5. The fraction of sp³-hybridized carbons (Fsp3) is 0.684. The molecule has 0 spiro atoms. The summed E-state index contributed by atoms with van der Waals surface area (Å²) in [7, 11) is -0.570. The van der Waals surface area contributed by atoms with Crippen LogP contribution in [0.25, 0.3) is 0 Å². The van der Waals surface area contributed by atoms with Crippen LogP contribution in [0.1, 0.15) is 72.8 Å². The van der Waals surface area contributed by atoms with Crippen molar-refractivity contribution in [2.75, 3.05) is 0 Å². The molecule has 1 rings (SSSR count). The minimum absolute atomic E-state index is 0.114. The van der Waals surface area contributed by atoms with Crippen molar-refractivity contribution in [1.29, 1.82) is 0 Å². The normalized spacial score (nSPS) is 13.7. The van der Waals surface area contributed by atoms with Crippen molar-refractivity contribution in [3.63, 3.8) is 0 Å². The Kier molecular flexibility index (Phi) is 6.73. The van der Waals surface area contributed by atoms with E-state index in [9.17, 15) is 13.2 Å². The third-order valence-corrected chi connectivity index (χ3v) is 8.07. The van der Waals surface area contributed by atoms with E-state index in [1.165, 1.54) is 12.1 Å². The van der Waals surface area contributed by atoms with Crippen LogP contribution in [0, 0.1) is 0 Å². The lowest BCUT2D eigenvalue weighted by Gasteiger charge is -2.46. The molecular formula is C19H30F3P. The quantitative estimate of drug-likeness (QED) is 0.468. The Morgan fingerprint density at radius 2 is 1.17 bits per heavy atom. The number of hydrogen-bond acceptors (Lipinski definition) is 0. The predicted molar refractivity (Wildman–Crippen MR) is 96.0 cm³/mol. The molecular weight excluding hydrogens is 316 g/mol. The zero-order valence-corrected chi connectivity index (χ0v) is 16.1. The highest BCUT2D eigenvalue weighted by Gasteiger charge is 2.40. The number of hydrogen-bond donors (Lipinski definition) is 0. The molecule has 0 nitrogen and oxygen atoms in total. The van der Waals surface area contributed by atoms with Crippen molar-refractivity contribution in [2.45, 2.75) is 83.7 Å². The SMILES string of the molecule is CCCC(C)(C)P(c1ccc(C(F)(F)F)cc1)C(C)(C)CCC. The van der Waals surface area contributed by atoms with Crippen molar-refractivity contribution in [1.82, 2.24) is 0 Å². The minimum atomic E-state index is -4.26. The van der Waals surface area contributed by atoms with Crippen LogP contribution in [0.2, 0.25) is 0 Å². The molecule has 0 aliphatic rings. The molecule has 0 aliphatic carbocycles. The van der Waals surface area contributed by atoms with Gasteiger partial charge in [-0.05, 0) is 40.6 Å². The minimum Gasteiger partial charge on any atom is -0.166 e. The average molecular weight is 346 g/mol. The Balaban J connectivity index is 3.29. The molecule has 0 atom stereocenters. The molecule has 4 heteroatoms. The van der Waals surface area contributed by atoms with Crippen LogP contribution < -0.4 is 5.30 Å². The van der Waals surface area contributed by atoms with Gasteiger partial charge in [0.15, 0.2) is 0 Å². The Hall–Kier alpha value is -0.560. The van der Waals surface area contributed by atoms with Gasteiger partial charge in [-0.15, -0.1) is 0 Å². The maximum Gasteiger partial charge on any atom is 0.416 e. The van der Waals surface area contributed by atoms with E-state index < -0.39 is 19.7 Å². The standard InChI is InChI=1S/C19H30F3P/c1-7-13-17(3,4)23(18(5,6)14-8-2)16-11-9-15(10-12-16)19(20,21)22/h9-12H,7-8,13-14H2,1-6H3. The second-order valence-corrected chi connectivity index (χ2v) is 11.1. The molecule has 0 saturated heterocycles. The van der Waals surface area contributed by atoms with Gasteiger partial charge in [-0.1, -0.05) is 74.4 Å². The second-order valence-electron chi connectivity index (χ2n) is 7.50. The van der Waals surface area contributed by atoms with E-state index in [0.717, 1.165) is 31.0 Å². The van der Waals surface area contributed by atoms with Crippen LogP contribution in [0.3, 0.4) is 0 Å². The molecule has 1 aromatic rings. The number of halogens is 3. The Bertz CT molecular complexity index is 468. The maximum atomic E-state index is 12.8. The van der Waals surface area contributed by atoms with Gasteiger partial charge in [0.25, 0.3) is 0 Å². The highest BCUT2D eigenvalue weighted by molar-refractivity contribution is 7.68. The van der Waals surface area contributed by atoms with Gasteiger partial charge in [0.2, 0.25) is 0 Å². The van der Waals surface area contributed by atoms with Crippen LogP contribution in [-0.2, 0) is 6.18 Å². The van der Waals surface area contributed by atoms with Gasteiger partial charge >= 0.3 is 6.18 Å². The first-order valence-electron chi connectivity index (χ1n) is 8.43. The summed E-state index contributed by atoms with van der Waals surface area (Å²) in [6.07, 6.45) is 0.0994. The summed E-state index contributed by atoms with van der Waals surface area (Å²) in [4.78, 5) is 0. The smallest absolute Gasteiger partial charge is 0.166 e. The maximum absolute atomic E-state index is 12.8. The van der Waals surface area contributed by atoms with E-state index in [4.69, 9.17) is 0 Å². The Morgan fingerprint density at radius 3 is 1.48 bits per heavy atom. The molecule has 23 heavy (non-hydrogen) atoms. The van der Waals surface area contributed by atoms with Crippen molar-refractivity contribution in [3.05, 3.63) is 29.8 Å². The highest BCUT2D eigenvalue weighted by Crippen LogP contribution is 2.61. The third kappa shape index (κ3) is 5.21. The Labute approximate surface area is 140 Å². The first-order chi connectivity index (χ1) is 10.5. The van der Waals surface area contributed by atoms with Gasteiger partial charge in [-0.25, -0.2) is 0 Å². The monoisotopic (exact) mass is 346 g/mol. The molecule has 0 heterocycles. The molecule has 0 saturated carbocycles. The zero-order chi connectivity index (χ0) is 17.9. The van der Waals surface area contributed by atoms with Gasteiger partial charge in [-0.3, -0.25) is 0 Å². The topological polar surface area (TPSA) is 0 Å². The van der Waals surface area contributed by atoms with Crippen LogP contribution in [0.4, 0.5) is 13.2 Å². The van der Waals surface area contributed by atoms with E-state index >= 15 is 0 Å². The second kappa shape index (κ2) is 7.55. The van der Waals surface area contributed by atoms with Crippen molar-refractivity contribution < 1.29 is 13.2 Å². The molecule has 132 valence electrons. The van der Waals surface area contributed by atoms with Gasteiger partial charge in [0.1, 0.15) is 0 Å². The summed E-state index contributed by atoms with van der Waals surface area (Å²) in [6.45, 7) is 13.5. The highest BCUT2D eigenvalue weighted by atomic mass is 31.1. The first-order valence-corrected chi connectivity index (χ1v) is 9.77. The number of rotatable bonds is 7. The van der Waals surface area contributed by atoms with Crippen LogP contribution in [-0.4, -0.2) is 10.3 Å². The summed E-state index contributed by atoms with van der Waals surface area (Å²) in [5.41, 5.74) is -0.558. The van der Waals surface area contributed by atoms with Crippen LogP contribution >= 0.6 is 7.92 Å². The van der Waals surface area contributed by atoms with Gasteiger partial charge in [0, 0.05) is 0 Å². The molecule has 0 aliphatic heterocycles. The summed E-state index contributed by atoms with van der Waals surface area (Å²) in [6, 6.07) is 5.91.